The van der Waals surface area contributed by atoms with Crippen LogP contribution in [0.1, 0.15) is 113 Å². The van der Waals surface area contributed by atoms with Gasteiger partial charge in [0, 0.05) is 11.8 Å². The van der Waals surface area contributed by atoms with Crippen LogP contribution in [-0.4, -0.2) is 5.78 Å². The van der Waals surface area contributed by atoms with E-state index in [9.17, 15) is 4.79 Å². The van der Waals surface area contributed by atoms with Gasteiger partial charge in [-0.3, -0.25) is 4.79 Å². The van der Waals surface area contributed by atoms with E-state index in [-0.39, 0.29) is 10.8 Å². The van der Waals surface area contributed by atoms with E-state index in [0.717, 1.165) is 24.7 Å². The highest BCUT2D eigenvalue weighted by Crippen LogP contribution is 2.72. The molecule has 6 atom stereocenters. The van der Waals surface area contributed by atoms with Crippen LogP contribution >= 0.6 is 0 Å². The van der Waals surface area contributed by atoms with Crippen LogP contribution in [0.4, 0.5) is 0 Å². The molecule has 0 bridgehead atoms. The predicted molar refractivity (Wildman–Crippen MR) is 132 cm³/mol. The number of carbonyl (C=O) groups excluding carboxylic acids is 1. The second kappa shape index (κ2) is 7.59. The highest BCUT2D eigenvalue weighted by molar-refractivity contribution is 5.85. The van der Waals surface area contributed by atoms with Crippen LogP contribution < -0.4 is 0 Å². The number of hydrogen-bond donors (Lipinski definition) is 0. The van der Waals surface area contributed by atoms with Crippen LogP contribution in [0, 0.1) is 45.3 Å². The summed E-state index contributed by atoms with van der Waals surface area (Å²) in [6.45, 7) is 19.4. The van der Waals surface area contributed by atoms with E-state index in [1.165, 1.54) is 44.9 Å². The lowest BCUT2D eigenvalue weighted by atomic mass is 9.43. The first-order chi connectivity index (χ1) is 14.4. The number of rotatable bonds is 4. The Bertz CT molecular complexity index is 797. The summed E-state index contributed by atoms with van der Waals surface area (Å²) < 4.78 is 0. The molecule has 1 nitrogen and oxygen atoms in total. The Morgan fingerprint density at radius 1 is 0.903 bits per heavy atom. The Balaban J connectivity index is 1.67. The monoisotopic (exact) mass is 424 g/mol. The second-order valence-electron chi connectivity index (χ2n) is 13.4. The third-order valence-electron chi connectivity index (χ3n) is 11.2. The van der Waals surface area contributed by atoms with Crippen molar-refractivity contribution in [3.63, 3.8) is 0 Å². The summed E-state index contributed by atoms with van der Waals surface area (Å²) in [4.78, 5) is 12.8. The predicted octanol–water partition coefficient (Wildman–Crippen LogP) is 8.54. The maximum Gasteiger partial charge on any atom is 0.138 e. The molecule has 2 fully saturated rings. The van der Waals surface area contributed by atoms with Gasteiger partial charge in [0.15, 0.2) is 0 Å². The van der Waals surface area contributed by atoms with Gasteiger partial charge < -0.3 is 0 Å². The van der Waals surface area contributed by atoms with Crippen molar-refractivity contribution in [2.24, 2.45) is 45.3 Å². The Morgan fingerprint density at radius 2 is 1.61 bits per heavy atom. The number of fused-ring (bicyclic) bond motifs is 4. The average molecular weight is 425 g/mol. The zero-order valence-corrected chi connectivity index (χ0v) is 21.7. The maximum atomic E-state index is 12.8. The summed E-state index contributed by atoms with van der Waals surface area (Å²) >= 11 is 0. The molecule has 0 radical (unpaired) electrons. The van der Waals surface area contributed by atoms with E-state index in [1.54, 1.807) is 5.57 Å². The minimum atomic E-state index is -0.152. The van der Waals surface area contributed by atoms with E-state index in [2.05, 4.69) is 67.5 Å². The number of ketones is 1. The van der Waals surface area contributed by atoms with Crippen molar-refractivity contribution in [3.05, 3.63) is 23.3 Å². The van der Waals surface area contributed by atoms with Gasteiger partial charge in [0.05, 0.1) is 0 Å². The molecule has 0 saturated heterocycles. The molecule has 4 aliphatic rings. The molecule has 0 amide bonds. The minimum Gasteiger partial charge on any atom is -0.299 e. The van der Waals surface area contributed by atoms with Gasteiger partial charge in [-0.25, -0.2) is 0 Å². The fourth-order valence-corrected chi connectivity index (χ4v) is 9.07. The topological polar surface area (TPSA) is 17.1 Å². The average Bonchev–Trinajstić information content (AvgIpc) is 2.96. The van der Waals surface area contributed by atoms with Crippen LogP contribution in [0.25, 0.3) is 0 Å². The normalized spacial score (nSPS) is 43.2. The summed E-state index contributed by atoms with van der Waals surface area (Å²) in [6.07, 6.45) is 15.9. The summed E-state index contributed by atoms with van der Waals surface area (Å²) in [6, 6.07) is 0. The minimum absolute atomic E-state index is 0.152. The summed E-state index contributed by atoms with van der Waals surface area (Å²) in [7, 11) is 0. The SMILES string of the molecule is CC(C)CC=C[C@H](C)[C@@H]1CC[C@]2(C)C3=C(CC[C@]12C)[C@]1(C)CCC(=O)C(C)(C)[C@@H]1CC3. The first-order valence-electron chi connectivity index (χ1n) is 13.3. The highest BCUT2D eigenvalue weighted by Gasteiger charge is 2.63. The van der Waals surface area contributed by atoms with Crippen LogP contribution in [-0.2, 0) is 4.79 Å². The summed E-state index contributed by atoms with van der Waals surface area (Å²) in [5, 5.41) is 0. The Labute approximate surface area is 192 Å². The van der Waals surface area contributed by atoms with E-state index >= 15 is 0 Å². The molecular formula is C30H48O. The molecule has 1 heteroatoms. The lowest BCUT2D eigenvalue weighted by Crippen LogP contribution is -2.53. The molecule has 2 saturated carbocycles. The van der Waals surface area contributed by atoms with Gasteiger partial charge in [-0.1, -0.05) is 78.7 Å². The highest BCUT2D eigenvalue weighted by atomic mass is 16.1. The molecule has 0 aromatic heterocycles. The van der Waals surface area contributed by atoms with Crippen molar-refractivity contribution in [3.8, 4) is 0 Å². The molecule has 0 spiro atoms. The molecule has 174 valence electrons. The molecule has 0 aliphatic heterocycles. The van der Waals surface area contributed by atoms with Gasteiger partial charge >= 0.3 is 0 Å². The molecule has 4 rings (SSSR count). The number of hydrogen-bond acceptors (Lipinski definition) is 1. The number of allylic oxidation sites excluding steroid dienone is 4. The largest absolute Gasteiger partial charge is 0.299 e. The van der Waals surface area contributed by atoms with Gasteiger partial charge in [0.2, 0.25) is 0 Å². The van der Waals surface area contributed by atoms with Crippen molar-refractivity contribution in [2.75, 3.05) is 0 Å². The first-order valence-corrected chi connectivity index (χ1v) is 13.3. The van der Waals surface area contributed by atoms with E-state index < -0.39 is 0 Å². The van der Waals surface area contributed by atoms with Crippen molar-refractivity contribution in [2.45, 2.75) is 113 Å². The zero-order valence-electron chi connectivity index (χ0n) is 21.7. The molecule has 4 aliphatic carbocycles. The molecular weight excluding hydrogens is 376 g/mol. The van der Waals surface area contributed by atoms with Gasteiger partial charge in [0.25, 0.3) is 0 Å². The van der Waals surface area contributed by atoms with Gasteiger partial charge in [-0.15, -0.1) is 0 Å². The summed E-state index contributed by atoms with van der Waals surface area (Å²) in [5.41, 5.74) is 4.50. The quantitative estimate of drug-likeness (QED) is 0.413. The van der Waals surface area contributed by atoms with Crippen molar-refractivity contribution in [1.29, 1.82) is 0 Å². The Hall–Kier alpha value is -0.850. The smallest absolute Gasteiger partial charge is 0.138 e. The molecule has 0 aromatic carbocycles. The fourth-order valence-electron chi connectivity index (χ4n) is 9.07. The van der Waals surface area contributed by atoms with Gasteiger partial charge in [-0.05, 0) is 91.3 Å². The lowest BCUT2D eigenvalue weighted by molar-refractivity contribution is -0.139. The van der Waals surface area contributed by atoms with E-state index in [1.807, 2.05) is 5.57 Å². The first kappa shape index (κ1) is 23.3. The zero-order chi connectivity index (χ0) is 22.8. The van der Waals surface area contributed by atoms with E-state index in [4.69, 9.17) is 0 Å². The van der Waals surface area contributed by atoms with Crippen LogP contribution in [0.2, 0.25) is 0 Å². The molecule has 0 N–H and O–H groups in total. The van der Waals surface area contributed by atoms with Gasteiger partial charge in [-0.2, -0.15) is 0 Å². The third kappa shape index (κ3) is 3.26. The number of carbonyl (C=O) groups is 1. The third-order valence-corrected chi connectivity index (χ3v) is 11.2. The second-order valence-corrected chi connectivity index (χ2v) is 13.4. The fraction of sp³-hybridized carbons (Fsp3) is 0.833. The van der Waals surface area contributed by atoms with Crippen LogP contribution in [0.5, 0.6) is 0 Å². The van der Waals surface area contributed by atoms with E-state index in [0.29, 0.717) is 28.4 Å². The molecule has 0 aromatic rings. The molecule has 0 heterocycles. The maximum absolute atomic E-state index is 12.8. The Kier molecular flexibility index (Phi) is 5.71. The van der Waals surface area contributed by atoms with Crippen molar-refractivity contribution < 1.29 is 4.79 Å². The lowest BCUT2D eigenvalue weighted by Gasteiger charge is -2.60. The molecule has 31 heavy (non-hydrogen) atoms. The standard InChI is InChI=1S/C30H48O/c1-20(2)10-9-11-21(3)22-14-18-30(8)24-12-13-25-27(4,5)26(31)16-17-28(25,6)23(24)15-19-29(22,30)7/h9,11,20-22,25H,10,12-19H2,1-8H3/t21-,22-,25-,28-,29+,30+/m0/s1. The summed E-state index contributed by atoms with van der Waals surface area (Å²) in [5.74, 6) is 3.26. The number of Topliss-reactive ketones (excluding diaryl/α,β-unsaturated/α-hetero) is 1. The Morgan fingerprint density at radius 3 is 2.29 bits per heavy atom. The van der Waals surface area contributed by atoms with Crippen LogP contribution in [0.3, 0.4) is 0 Å². The van der Waals surface area contributed by atoms with Crippen molar-refractivity contribution in [1.82, 2.24) is 0 Å². The van der Waals surface area contributed by atoms with Crippen LogP contribution in [0.15, 0.2) is 23.3 Å². The van der Waals surface area contributed by atoms with Crippen molar-refractivity contribution >= 4 is 5.78 Å². The van der Waals surface area contributed by atoms with Gasteiger partial charge in [0.1, 0.15) is 5.78 Å². The molecule has 0 unspecified atom stereocenters.